The molecule has 2 heteroatoms. The second-order valence-corrected chi connectivity index (χ2v) is 2.58. The van der Waals surface area contributed by atoms with Gasteiger partial charge in [0.1, 0.15) is 0 Å². The summed E-state index contributed by atoms with van der Waals surface area (Å²) in [5, 5.41) is 3.41. The monoisotopic (exact) mass is 124 g/mol. The lowest BCUT2D eigenvalue weighted by Crippen LogP contribution is -2.49. The van der Waals surface area contributed by atoms with Crippen molar-refractivity contribution in [2.45, 2.75) is 18.5 Å². The Bertz CT molecular complexity index is 133. The van der Waals surface area contributed by atoms with Crippen LogP contribution in [-0.4, -0.2) is 25.3 Å². The largest absolute Gasteiger partial charge is 0.378 e. The van der Waals surface area contributed by atoms with Gasteiger partial charge in [0.2, 0.25) is 0 Å². The minimum absolute atomic E-state index is 0.442. The number of morpholine rings is 1. The number of hydrogen-bond donors (Lipinski definition) is 1. The Kier molecular flexibility index (Phi) is 1.28. The predicted octanol–water partition coefficient (Wildman–Crippen LogP) is 0.106. The standard InChI is InChI=1S/C7H10NO/c1-2-6-4-9-5-7(3-1)8-6/h2,6-8H,3-5H2. The fraction of sp³-hybridized carbons (Fsp3) is 0.714. The van der Waals surface area contributed by atoms with Crippen LogP contribution in [0.15, 0.2) is 6.08 Å². The molecule has 2 rings (SSSR count). The molecule has 0 aromatic heterocycles. The molecule has 0 aromatic carbocycles. The fourth-order valence-corrected chi connectivity index (χ4v) is 1.30. The SMILES string of the molecule is [C]1=CC2COCC(C1)N2. The molecule has 2 aliphatic rings. The van der Waals surface area contributed by atoms with Gasteiger partial charge >= 0.3 is 0 Å². The summed E-state index contributed by atoms with van der Waals surface area (Å²) in [5.74, 6) is 0. The van der Waals surface area contributed by atoms with Gasteiger partial charge in [-0.1, -0.05) is 6.08 Å². The van der Waals surface area contributed by atoms with Crippen LogP contribution in [0.25, 0.3) is 0 Å². The van der Waals surface area contributed by atoms with Gasteiger partial charge in [0.05, 0.1) is 13.2 Å². The van der Waals surface area contributed by atoms with E-state index in [4.69, 9.17) is 4.74 Å². The van der Waals surface area contributed by atoms with E-state index in [1.807, 2.05) is 0 Å². The van der Waals surface area contributed by atoms with Gasteiger partial charge in [0.25, 0.3) is 0 Å². The predicted molar refractivity (Wildman–Crippen MR) is 34.0 cm³/mol. The van der Waals surface area contributed by atoms with Gasteiger partial charge in [-0.25, -0.2) is 0 Å². The lowest BCUT2D eigenvalue weighted by molar-refractivity contribution is 0.0537. The summed E-state index contributed by atoms with van der Waals surface area (Å²) in [4.78, 5) is 0. The van der Waals surface area contributed by atoms with Crippen LogP contribution < -0.4 is 5.32 Å². The van der Waals surface area contributed by atoms with Gasteiger partial charge in [-0.15, -0.1) is 0 Å². The van der Waals surface area contributed by atoms with Crippen LogP contribution in [-0.2, 0) is 4.74 Å². The lowest BCUT2D eigenvalue weighted by Gasteiger charge is -2.31. The minimum Gasteiger partial charge on any atom is -0.378 e. The van der Waals surface area contributed by atoms with E-state index in [-0.39, 0.29) is 0 Å². The molecule has 1 radical (unpaired) electrons. The second kappa shape index (κ2) is 2.12. The smallest absolute Gasteiger partial charge is 0.0656 e. The maximum Gasteiger partial charge on any atom is 0.0656 e. The third-order valence-corrected chi connectivity index (χ3v) is 1.75. The summed E-state index contributed by atoms with van der Waals surface area (Å²) in [7, 11) is 0. The summed E-state index contributed by atoms with van der Waals surface area (Å²) >= 11 is 0. The van der Waals surface area contributed by atoms with Gasteiger partial charge in [-0.05, 0) is 12.5 Å². The molecular weight excluding hydrogens is 114 g/mol. The molecule has 0 aromatic rings. The number of ether oxygens (including phenoxy) is 1. The van der Waals surface area contributed by atoms with E-state index in [0.717, 1.165) is 19.6 Å². The first kappa shape index (κ1) is 5.45. The van der Waals surface area contributed by atoms with Gasteiger partial charge in [-0.2, -0.15) is 0 Å². The molecule has 0 spiro atoms. The normalized spacial score (nSPS) is 40.9. The number of hydrogen-bond acceptors (Lipinski definition) is 2. The fourth-order valence-electron chi connectivity index (χ4n) is 1.30. The van der Waals surface area contributed by atoms with E-state index < -0.39 is 0 Å². The topological polar surface area (TPSA) is 21.3 Å². The number of nitrogens with one attached hydrogen (secondary N) is 1. The van der Waals surface area contributed by atoms with E-state index in [2.05, 4.69) is 17.5 Å². The van der Waals surface area contributed by atoms with E-state index in [9.17, 15) is 0 Å². The highest BCUT2D eigenvalue weighted by atomic mass is 16.5. The van der Waals surface area contributed by atoms with Crippen molar-refractivity contribution < 1.29 is 4.74 Å². The minimum atomic E-state index is 0.442. The average Bonchev–Trinajstić information content (AvgIpc) is 1.88. The zero-order chi connectivity index (χ0) is 6.10. The average molecular weight is 124 g/mol. The lowest BCUT2D eigenvalue weighted by atomic mass is 10.1. The highest BCUT2D eigenvalue weighted by molar-refractivity contribution is 4.99. The van der Waals surface area contributed by atoms with Crippen molar-refractivity contribution in [2.75, 3.05) is 13.2 Å². The summed E-state index contributed by atoms with van der Waals surface area (Å²) in [6.07, 6.45) is 6.29. The van der Waals surface area contributed by atoms with Crippen LogP contribution in [0.5, 0.6) is 0 Å². The third kappa shape index (κ3) is 1.00. The molecule has 49 valence electrons. The molecule has 1 N–H and O–H groups in total. The molecule has 1 saturated heterocycles. The van der Waals surface area contributed by atoms with Crippen LogP contribution in [0, 0.1) is 6.08 Å². The van der Waals surface area contributed by atoms with Crippen LogP contribution in [0.1, 0.15) is 6.42 Å². The number of rotatable bonds is 0. The Morgan fingerprint density at radius 1 is 1.56 bits per heavy atom. The molecule has 2 bridgehead atoms. The highest BCUT2D eigenvalue weighted by Gasteiger charge is 2.21. The molecular formula is C7H10NO. The zero-order valence-electron chi connectivity index (χ0n) is 5.26. The van der Waals surface area contributed by atoms with Gasteiger partial charge < -0.3 is 10.1 Å². The molecule has 0 saturated carbocycles. The summed E-state index contributed by atoms with van der Waals surface area (Å²) in [5.41, 5.74) is 0. The molecule has 2 heterocycles. The summed E-state index contributed by atoms with van der Waals surface area (Å²) < 4.78 is 5.30. The van der Waals surface area contributed by atoms with Gasteiger partial charge in [0.15, 0.2) is 0 Å². The molecule has 2 atom stereocenters. The Morgan fingerprint density at radius 2 is 2.56 bits per heavy atom. The first-order valence-corrected chi connectivity index (χ1v) is 3.36. The Hall–Kier alpha value is -0.340. The van der Waals surface area contributed by atoms with Crippen molar-refractivity contribution in [1.29, 1.82) is 0 Å². The quantitative estimate of drug-likeness (QED) is 0.494. The Morgan fingerprint density at radius 3 is 3.33 bits per heavy atom. The van der Waals surface area contributed by atoms with E-state index in [1.165, 1.54) is 0 Å². The first-order chi connectivity index (χ1) is 4.45. The van der Waals surface area contributed by atoms with Crippen LogP contribution in [0.3, 0.4) is 0 Å². The zero-order valence-corrected chi connectivity index (χ0v) is 5.26. The maximum absolute atomic E-state index is 5.30. The maximum atomic E-state index is 5.30. The Balaban J connectivity index is 2.09. The molecule has 2 aliphatic heterocycles. The first-order valence-electron chi connectivity index (χ1n) is 3.36. The molecule has 2 nitrogen and oxygen atoms in total. The highest BCUT2D eigenvalue weighted by Crippen LogP contribution is 2.09. The van der Waals surface area contributed by atoms with Crippen molar-refractivity contribution in [3.05, 3.63) is 12.2 Å². The molecule has 1 fully saturated rings. The van der Waals surface area contributed by atoms with E-state index in [0.29, 0.717) is 12.1 Å². The number of fused-ring (bicyclic) bond motifs is 2. The van der Waals surface area contributed by atoms with Crippen LogP contribution >= 0.6 is 0 Å². The molecule has 0 aliphatic carbocycles. The van der Waals surface area contributed by atoms with Crippen LogP contribution in [0.2, 0.25) is 0 Å². The van der Waals surface area contributed by atoms with Crippen molar-refractivity contribution in [3.63, 3.8) is 0 Å². The van der Waals surface area contributed by atoms with Crippen LogP contribution in [0.4, 0.5) is 0 Å². The van der Waals surface area contributed by atoms with Crippen molar-refractivity contribution in [3.8, 4) is 0 Å². The summed E-state index contributed by atoms with van der Waals surface area (Å²) in [6.45, 7) is 1.68. The second-order valence-electron chi connectivity index (χ2n) is 2.58. The Labute approximate surface area is 54.9 Å². The third-order valence-electron chi connectivity index (χ3n) is 1.75. The molecule has 9 heavy (non-hydrogen) atoms. The van der Waals surface area contributed by atoms with E-state index in [1.54, 1.807) is 0 Å². The van der Waals surface area contributed by atoms with Crippen molar-refractivity contribution in [1.82, 2.24) is 5.32 Å². The van der Waals surface area contributed by atoms with Crippen molar-refractivity contribution in [2.24, 2.45) is 0 Å². The van der Waals surface area contributed by atoms with Gasteiger partial charge in [-0.3, -0.25) is 0 Å². The molecule has 0 amide bonds. The van der Waals surface area contributed by atoms with Crippen molar-refractivity contribution >= 4 is 0 Å². The summed E-state index contributed by atoms with van der Waals surface area (Å²) in [6, 6.07) is 0.978. The van der Waals surface area contributed by atoms with Gasteiger partial charge in [0, 0.05) is 12.1 Å². The van der Waals surface area contributed by atoms with E-state index >= 15 is 0 Å². The molecule has 2 unspecified atom stereocenters.